The van der Waals surface area contributed by atoms with Crippen LogP contribution in [0.1, 0.15) is 0 Å². The summed E-state index contributed by atoms with van der Waals surface area (Å²) in [5, 5.41) is 36.2. The molecule has 0 radical (unpaired) electrons. The van der Waals surface area contributed by atoms with Gasteiger partial charge in [0.1, 0.15) is 12.2 Å². The van der Waals surface area contributed by atoms with Gasteiger partial charge >= 0.3 is 35.5 Å². The predicted octanol–water partition coefficient (Wildman–Crippen LogP) is -6.64. The zero-order chi connectivity index (χ0) is 13.4. The molecule has 1 heterocycles. The number of aliphatic hydroxyl groups is 3. The Kier molecular flexibility index (Phi) is 6.63. The number of hydrogen-bond donors (Lipinski definition) is 4. The SMILES string of the molecule is O=C(O)[C@@H]1O[C@@H](O)[C@H](OS(=O)(=O)[O-])[C@@H](O)[C@@H]1O.[Na+]. The Morgan fingerprint density at radius 3 is 2.11 bits per heavy atom. The van der Waals surface area contributed by atoms with Crippen LogP contribution >= 0.6 is 0 Å². The minimum atomic E-state index is -5.26. The van der Waals surface area contributed by atoms with Gasteiger partial charge in [-0.05, 0) is 0 Å². The topological polar surface area (TPSA) is 174 Å². The van der Waals surface area contributed by atoms with Crippen LogP contribution in [0.25, 0.3) is 0 Å². The summed E-state index contributed by atoms with van der Waals surface area (Å²) in [6, 6.07) is 0. The third kappa shape index (κ3) is 4.38. The number of hydrogen-bond acceptors (Lipinski definition) is 9. The van der Waals surface area contributed by atoms with Gasteiger partial charge < -0.3 is 29.7 Å². The number of aliphatic carboxylic acids is 1. The smallest absolute Gasteiger partial charge is 0.726 e. The van der Waals surface area contributed by atoms with Crippen molar-refractivity contribution in [2.75, 3.05) is 0 Å². The van der Waals surface area contributed by atoms with E-state index in [0.29, 0.717) is 0 Å². The molecule has 5 atom stereocenters. The maximum absolute atomic E-state index is 10.5. The Bertz CT molecular complexity index is 395. The molecule has 1 rings (SSSR count). The molecule has 0 spiro atoms. The van der Waals surface area contributed by atoms with Crippen LogP contribution in [0.2, 0.25) is 0 Å². The van der Waals surface area contributed by atoms with Crippen LogP contribution < -0.4 is 29.6 Å². The second-order valence-corrected chi connectivity index (χ2v) is 4.24. The molecule has 10 nitrogen and oxygen atoms in total. The molecule has 0 aromatic rings. The van der Waals surface area contributed by atoms with Gasteiger partial charge in [0, 0.05) is 0 Å². The molecule has 0 unspecified atom stereocenters. The van der Waals surface area contributed by atoms with Crippen molar-refractivity contribution in [1.82, 2.24) is 0 Å². The first-order valence-corrected chi connectivity index (χ1v) is 5.53. The molecule has 0 aromatic heterocycles. The Morgan fingerprint density at radius 1 is 1.22 bits per heavy atom. The van der Waals surface area contributed by atoms with E-state index in [1.807, 2.05) is 0 Å². The largest absolute Gasteiger partial charge is 1.00 e. The van der Waals surface area contributed by atoms with Gasteiger partial charge in [-0.3, -0.25) is 4.18 Å². The predicted molar refractivity (Wildman–Crippen MR) is 45.1 cm³/mol. The van der Waals surface area contributed by atoms with Crippen molar-refractivity contribution >= 4 is 16.4 Å². The first-order chi connectivity index (χ1) is 7.63. The van der Waals surface area contributed by atoms with Crippen molar-refractivity contribution in [3.05, 3.63) is 0 Å². The summed E-state index contributed by atoms with van der Waals surface area (Å²) in [5.74, 6) is -1.68. The molecule has 1 aliphatic heterocycles. The molecule has 1 saturated heterocycles. The second kappa shape index (κ2) is 6.56. The first-order valence-electron chi connectivity index (χ1n) is 4.20. The Hall–Kier alpha value is 0.180. The Morgan fingerprint density at radius 2 is 1.72 bits per heavy atom. The third-order valence-electron chi connectivity index (χ3n) is 2.04. The van der Waals surface area contributed by atoms with Crippen molar-refractivity contribution in [3.8, 4) is 0 Å². The molecule has 18 heavy (non-hydrogen) atoms. The van der Waals surface area contributed by atoms with Gasteiger partial charge in [-0.15, -0.1) is 0 Å². The van der Waals surface area contributed by atoms with Crippen LogP contribution in [0.5, 0.6) is 0 Å². The van der Waals surface area contributed by atoms with E-state index in [1.165, 1.54) is 0 Å². The third-order valence-corrected chi connectivity index (χ3v) is 2.49. The number of ether oxygens (including phenoxy) is 1. The fourth-order valence-electron chi connectivity index (χ4n) is 1.30. The van der Waals surface area contributed by atoms with Gasteiger partial charge in [0.15, 0.2) is 18.5 Å². The van der Waals surface area contributed by atoms with Crippen LogP contribution in [0.3, 0.4) is 0 Å². The fourth-order valence-corrected chi connectivity index (χ4v) is 1.78. The van der Waals surface area contributed by atoms with Crippen molar-refractivity contribution in [3.63, 3.8) is 0 Å². The average molecular weight is 296 g/mol. The van der Waals surface area contributed by atoms with Gasteiger partial charge in [0.2, 0.25) is 10.4 Å². The van der Waals surface area contributed by atoms with E-state index in [4.69, 9.17) is 10.2 Å². The zero-order valence-electron chi connectivity index (χ0n) is 9.03. The molecule has 100 valence electrons. The monoisotopic (exact) mass is 296 g/mol. The standard InChI is InChI=1S/C6H10O10S.Na/c7-1-2(8)4(16-17(12,13)14)6(11)15-3(1)5(9)10;/h1-4,6-8,11H,(H,9,10)(H,12,13,14);/q;+1/p-1/t1-,2-,3+,4+,6+;/m0./s1. The molecule has 0 amide bonds. The maximum atomic E-state index is 10.5. The quantitative estimate of drug-likeness (QED) is 0.222. The zero-order valence-corrected chi connectivity index (χ0v) is 11.8. The van der Waals surface area contributed by atoms with Gasteiger partial charge in [-0.25, -0.2) is 13.2 Å². The molecule has 1 aliphatic rings. The number of aliphatic hydroxyl groups excluding tert-OH is 3. The van der Waals surface area contributed by atoms with Gasteiger partial charge in [0.05, 0.1) is 0 Å². The minimum absolute atomic E-state index is 0. The van der Waals surface area contributed by atoms with E-state index in [1.54, 1.807) is 0 Å². The Balaban J connectivity index is 0.00000289. The Labute approximate surface area is 123 Å². The molecule has 0 saturated carbocycles. The second-order valence-electron chi connectivity index (χ2n) is 3.24. The van der Waals surface area contributed by atoms with E-state index in [9.17, 15) is 28.0 Å². The van der Waals surface area contributed by atoms with Crippen LogP contribution in [-0.4, -0.2) is 70.1 Å². The maximum Gasteiger partial charge on any atom is 1.00 e. The van der Waals surface area contributed by atoms with Gasteiger partial charge in [-0.2, -0.15) is 0 Å². The van der Waals surface area contributed by atoms with Crippen molar-refractivity contribution in [2.24, 2.45) is 0 Å². The van der Waals surface area contributed by atoms with Crippen molar-refractivity contribution in [2.45, 2.75) is 30.7 Å². The summed E-state index contributed by atoms with van der Waals surface area (Å²) in [6.07, 6.45) is -10.4. The molecule has 1 fully saturated rings. The summed E-state index contributed by atoms with van der Waals surface area (Å²) in [6.45, 7) is 0. The fraction of sp³-hybridized carbons (Fsp3) is 0.833. The summed E-state index contributed by atoms with van der Waals surface area (Å²) in [4.78, 5) is 10.5. The van der Waals surface area contributed by atoms with E-state index >= 15 is 0 Å². The van der Waals surface area contributed by atoms with E-state index in [-0.39, 0.29) is 29.6 Å². The van der Waals surface area contributed by atoms with E-state index in [0.717, 1.165) is 0 Å². The summed E-state index contributed by atoms with van der Waals surface area (Å²) < 4.78 is 38.8. The number of rotatable bonds is 3. The molecule has 0 bridgehead atoms. The normalized spacial score (nSPS) is 36.8. The summed E-state index contributed by atoms with van der Waals surface area (Å²) >= 11 is 0. The van der Waals surface area contributed by atoms with Crippen LogP contribution in [-0.2, 0) is 24.1 Å². The number of carbonyl (C=O) groups is 1. The van der Waals surface area contributed by atoms with E-state index in [2.05, 4.69) is 8.92 Å². The van der Waals surface area contributed by atoms with Gasteiger partial charge in [-0.1, -0.05) is 0 Å². The number of carboxylic acid groups (broad SMARTS) is 1. The number of carboxylic acids is 1. The molecular formula is C6H9NaO10S. The van der Waals surface area contributed by atoms with Crippen LogP contribution in [0.4, 0.5) is 0 Å². The van der Waals surface area contributed by atoms with Crippen molar-refractivity contribution < 1.29 is 76.7 Å². The molecule has 4 N–H and O–H groups in total. The molecule has 12 heteroatoms. The first kappa shape index (κ1) is 18.2. The van der Waals surface area contributed by atoms with Crippen LogP contribution in [0.15, 0.2) is 0 Å². The summed E-state index contributed by atoms with van der Waals surface area (Å²) in [7, 11) is -5.26. The van der Waals surface area contributed by atoms with Gasteiger partial charge in [0.25, 0.3) is 0 Å². The van der Waals surface area contributed by atoms with E-state index < -0.39 is 47.1 Å². The van der Waals surface area contributed by atoms with Crippen molar-refractivity contribution in [1.29, 1.82) is 0 Å². The minimum Gasteiger partial charge on any atom is -0.726 e. The summed E-state index contributed by atoms with van der Waals surface area (Å²) in [5.41, 5.74) is 0. The molecular weight excluding hydrogens is 287 g/mol. The van der Waals surface area contributed by atoms with Crippen LogP contribution in [0, 0.1) is 0 Å². The average Bonchev–Trinajstić information content (AvgIpc) is 2.16. The molecule has 0 aromatic carbocycles. The molecule has 0 aliphatic carbocycles.